The Balaban J connectivity index is 2.11. The van der Waals surface area contributed by atoms with Gasteiger partial charge in [-0.1, -0.05) is 11.8 Å². The molecule has 0 bridgehead atoms. The highest BCUT2D eigenvalue weighted by atomic mass is 79.9. The number of hydrogen-bond donors (Lipinski definition) is 2. The molecule has 0 aliphatic rings. The van der Waals surface area contributed by atoms with Gasteiger partial charge in [-0.15, -0.1) is 0 Å². The van der Waals surface area contributed by atoms with Crippen molar-refractivity contribution in [3.63, 3.8) is 0 Å². The van der Waals surface area contributed by atoms with Crippen LogP contribution < -0.4 is 11.3 Å². The maximum atomic E-state index is 11.7. The second-order valence-corrected chi connectivity index (χ2v) is 5.92. The van der Waals surface area contributed by atoms with Crippen molar-refractivity contribution >= 4 is 44.3 Å². The van der Waals surface area contributed by atoms with Gasteiger partial charge in [0, 0.05) is 16.8 Å². The largest absolute Gasteiger partial charge is 0.398 e. The molecule has 5 nitrogen and oxygen atoms in total. The van der Waals surface area contributed by atoms with Crippen molar-refractivity contribution in [3.05, 3.63) is 51.6 Å². The van der Waals surface area contributed by atoms with Gasteiger partial charge in [0.05, 0.1) is 21.7 Å². The number of aromatic amines is 1. The molecule has 3 aromatic rings. The van der Waals surface area contributed by atoms with Crippen molar-refractivity contribution < 1.29 is 0 Å². The van der Waals surface area contributed by atoms with E-state index in [9.17, 15) is 4.79 Å². The van der Waals surface area contributed by atoms with Crippen LogP contribution in [0.2, 0.25) is 0 Å². The Bertz CT molecular complexity index is 849. The minimum Gasteiger partial charge on any atom is -0.398 e. The normalized spacial score (nSPS) is 10.8. The van der Waals surface area contributed by atoms with E-state index in [0.29, 0.717) is 16.6 Å². The van der Waals surface area contributed by atoms with Gasteiger partial charge in [0.15, 0.2) is 0 Å². The molecule has 0 spiro atoms. The Morgan fingerprint density at radius 3 is 2.95 bits per heavy atom. The first-order chi connectivity index (χ1) is 9.65. The van der Waals surface area contributed by atoms with Crippen molar-refractivity contribution in [2.24, 2.45) is 0 Å². The van der Waals surface area contributed by atoms with E-state index in [1.54, 1.807) is 18.3 Å². The second kappa shape index (κ2) is 5.26. The summed E-state index contributed by atoms with van der Waals surface area (Å²) in [6.07, 6.45) is 3.10. The summed E-state index contributed by atoms with van der Waals surface area (Å²) < 4.78 is 0.892. The van der Waals surface area contributed by atoms with E-state index in [2.05, 4.69) is 30.9 Å². The van der Waals surface area contributed by atoms with E-state index >= 15 is 0 Å². The summed E-state index contributed by atoms with van der Waals surface area (Å²) in [6, 6.07) is 7.19. The van der Waals surface area contributed by atoms with Crippen LogP contribution in [0.1, 0.15) is 0 Å². The highest BCUT2D eigenvalue weighted by molar-refractivity contribution is 9.10. The molecular formula is C13H9BrN4OS. The van der Waals surface area contributed by atoms with Gasteiger partial charge in [0.1, 0.15) is 5.03 Å². The van der Waals surface area contributed by atoms with Gasteiger partial charge in [-0.3, -0.25) is 4.79 Å². The smallest absolute Gasteiger partial charge is 0.258 e. The number of rotatable bonds is 2. The zero-order chi connectivity index (χ0) is 14.1. The first-order valence-electron chi connectivity index (χ1n) is 5.70. The SMILES string of the molecule is Nc1cc2c(=O)[nH]cnc2cc1Sc1ncccc1Br. The predicted molar refractivity (Wildman–Crippen MR) is 82.8 cm³/mol. The third-order valence-corrected chi connectivity index (χ3v) is 4.70. The molecule has 0 unspecified atom stereocenters. The number of H-pyrrole nitrogens is 1. The Morgan fingerprint density at radius 1 is 1.30 bits per heavy atom. The van der Waals surface area contributed by atoms with Gasteiger partial charge in [-0.25, -0.2) is 9.97 Å². The van der Waals surface area contributed by atoms with Crippen molar-refractivity contribution in [2.75, 3.05) is 5.73 Å². The third-order valence-electron chi connectivity index (χ3n) is 2.70. The molecule has 2 aromatic heterocycles. The van der Waals surface area contributed by atoms with Gasteiger partial charge < -0.3 is 10.7 Å². The van der Waals surface area contributed by atoms with Crippen LogP contribution in [0.4, 0.5) is 5.69 Å². The maximum Gasteiger partial charge on any atom is 0.258 e. The van der Waals surface area contributed by atoms with Crippen LogP contribution in [0.5, 0.6) is 0 Å². The van der Waals surface area contributed by atoms with Crippen LogP contribution in [-0.2, 0) is 0 Å². The lowest BCUT2D eigenvalue weighted by molar-refractivity contribution is 1.11. The number of pyridine rings is 1. The fourth-order valence-corrected chi connectivity index (χ4v) is 3.08. The number of anilines is 1. The summed E-state index contributed by atoms with van der Waals surface area (Å²) in [6.45, 7) is 0. The van der Waals surface area contributed by atoms with Gasteiger partial charge in [0.2, 0.25) is 0 Å². The van der Waals surface area contributed by atoms with Crippen LogP contribution in [0, 0.1) is 0 Å². The van der Waals surface area contributed by atoms with Crippen LogP contribution in [0.3, 0.4) is 0 Å². The van der Waals surface area contributed by atoms with E-state index in [4.69, 9.17) is 5.73 Å². The Labute approximate surface area is 126 Å². The van der Waals surface area contributed by atoms with E-state index in [1.165, 1.54) is 18.1 Å². The summed E-state index contributed by atoms with van der Waals surface area (Å²) in [5.74, 6) is 0. The topological polar surface area (TPSA) is 84.7 Å². The minimum atomic E-state index is -0.197. The standard InChI is InChI=1S/C13H9BrN4OS/c14-8-2-1-3-16-13(8)20-11-5-10-7(4-9(11)15)12(19)18-6-17-10/h1-6H,15H2,(H,17,18,19). The molecule has 0 aliphatic heterocycles. The summed E-state index contributed by atoms with van der Waals surface area (Å²) in [4.78, 5) is 23.5. The lowest BCUT2D eigenvalue weighted by atomic mass is 10.2. The highest BCUT2D eigenvalue weighted by Gasteiger charge is 2.09. The summed E-state index contributed by atoms with van der Waals surface area (Å²) in [5.41, 5.74) is 6.95. The summed E-state index contributed by atoms with van der Waals surface area (Å²) >= 11 is 4.87. The van der Waals surface area contributed by atoms with Gasteiger partial charge in [-0.2, -0.15) is 0 Å². The number of nitrogens with zero attached hydrogens (tertiary/aromatic N) is 2. The van der Waals surface area contributed by atoms with Crippen LogP contribution >= 0.6 is 27.7 Å². The van der Waals surface area contributed by atoms with Gasteiger partial charge in [-0.05, 0) is 40.2 Å². The van der Waals surface area contributed by atoms with Crippen molar-refractivity contribution in [1.29, 1.82) is 0 Å². The molecule has 0 amide bonds. The lowest BCUT2D eigenvalue weighted by Crippen LogP contribution is -2.07. The summed E-state index contributed by atoms with van der Waals surface area (Å²) in [7, 11) is 0. The molecule has 7 heteroatoms. The number of fused-ring (bicyclic) bond motifs is 1. The molecule has 3 N–H and O–H groups in total. The number of aromatic nitrogens is 3. The van der Waals surface area contributed by atoms with E-state index in [0.717, 1.165) is 14.4 Å². The molecule has 20 heavy (non-hydrogen) atoms. The minimum absolute atomic E-state index is 0.197. The van der Waals surface area contributed by atoms with Crippen molar-refractivity contribution in [1.82, 2.24) is 15.0 Å². The zero-order valence-corrected chi connectivity index (χ0v) is 12.5. The number of nitrogen functional groups attached to an aromatic ring is 1. The van der Waals surface area contributed by atoms with E-state index in [-0.39, 0.29) is 5.56 Å². The van der Waals surface area contributed by atoms with E-state index in [1.807, 2.05) is 12.1 Å². The Hall–Kier alpha value is -1.86. The molecule has 0 saturated carbocycles. The number of halogens is 1. The zero-order valence-electron chi connectivity index (χ0n) is 10.1. The van der Waals surface area contributed by atoms with Crippen molar-refractivity contribution in [2.45, 2.75) is 9.92 Å². The quantitative estimate of drug-likeness (QED) is 0.695. The molecule has 0 fully saturated rings. The fourth-order valence-electron chi connectivity index (χ4n) is 1.75. The monoisotopic (exact) mass is 348 g/mol. The van der Waals surface area contributed by atoms with Crippen LogP contribution in [0.15, 0.2) is 56.0 Å². The first kappa shape index (κ1) is 13.1. The van der Waals surface area contributed by atoms with Gasteiger partial charge in [0.25, 0.3) is 5.56 Å². The molecule has 0 aliphatic carbocycles. The number of benzene rings is 1. The predicted octanol–water partition coefficient (Wildman–Crippen LogP) is 2.81. The Morgan fingerprint density at radius 2 is 2.15 bits per heavy atom. The van der Waals surface area contributed by atoms with Crippen molar-refractivity contribution in [3.8, 4) is 0 Å². The molecule has 0 radical (unpaired) electrons. The first-order valence-corrected chi connectivity index (χ1v) is 7.31. The maximum absolute atomic E-state index is 11.7. The third kappa shape index (κ3) is 2.41. The second-order valence-electron chi connectivity index (χ2n) is 4.03. The molecule has 0 saturated heterocycles. The average molecular weight is 349 g/mol. The Kier molecular flexibility index (Phi) is 3.45. The molecule has 0 atom stereocenters. The molecule has 100 valence electrons. The molecular weight excluding hydrogens is 340 g/mol. The molecule has 3 rings (SSSR count). The molecule has 1 aromatic carbocycles. The fraction of sp³-hybridized carbons (Fsp3) is 0. The number of hydrogen-bond acceptors (Lipinski definition) is 5. The highest BCUT2D eigenvalue weighted by Crippen LogP contribution is 2.35. The van der Waals surface area contributed by atoms with Crippen LogP contribution in [-0.4, -0.2) is 15.0 Å². The molecule has 2 heterocycles. The number of nitrogens with one attached hydrogen (secondary N) is 1. The lowest BCUT2D eigenvalue weighted by Gasteiger charge is -2.07. The van der Waals surface area contributed by atoms with E-state index < -0.39 is 0 Å². The average Bonchev–Trinajstić information content (AvgIpc) is 2.43. The van der Waals surface area contributed by atoms with Crippen LogP contribution in [0.25, 0.3) is 10.9 Å². The number of nitrogens with two attached hydrogens (primary N) is 1. The summed E-state index contributed by atoms with van der Waals surface area (Å²) in [5, 5.41) is 1.29. The van der Waals surface area contributed by atoms with Gasteiger partial charge >= 0.3 is 0 Å².